The van der Waals surface area contributed by atoms with Gasteiger partial charge in [0.05, 0.1) is 5.75 Å². The zero-order valence-corrected chi connectivity index (χ0v) is 13.8. The Bertz CT molecular complexity index is 383. The number of rotatable bonds is 5. The zero-order chi connectivity index (χ0) is 14.4. The van der Waals surface area contributed by atoms with E-state index in [1.807, 2.05) is 0 Å². The normalized spacial score (nSPS) is 24.6. The molecule has 1 aliphatic heterocycles. The van der Waals surface area contributed by atoms with Gasteiger partial charge in [0.25, 0.3) is 0 Å². The summed E-state index contributed by atoms with van der Waals surface area (Å²) in [4.78, 5) is 2.27. The maximum Gasteiger partial charge on any atom is 0.214 e. The summed E-state index contributed by atoms with van der Waals surface area (Å²) >= 11 is 5.77. The van der Waals surface area contributed by atoms with Crippen molar-refractivity contribution >= 4 is 21.6 Å². The van der Waals surface area contributed by atoms with E-state index in [-0.39, 0.29) is 0 Å². The molecule has 20 heavy (non-hydrogen) atoms. The number of sulfonamides is 1. The van der Waals surface area contributed by atoms with Crippen molar-refractivity contribution in [3.63, 3.8) is 0 Å². The Labute approximate surface area is 128 Å². The molecule has 118 valence electrons. The fourth-order valence-electron chi connectivity index (χ4n) is 3.33. The predicted octanol–water partition coefficient (Wildman–Crippen LogP) is 2.14. The molecule has 2 aliphatic rings. The van der Waals surface area contributed by atoms with E-state index in [4.69, 9.17) is 11.6 Å². The Morgan fingerprint density at radius 3 is 2.40 bits per heavy atom. The third kappa shape index (κ3) is 4.86. The summed E-state index contributed by atoms with van der Waals surface area (Å²) < 4.78 is 26.8. The second kappa shape index (κ2) is 7.97. The second-order valence-electron chi connectivity index (χ2n) is 6.07. The lowest BCUT2D eigenvalue weighted by molar-refractivity contribution is 0.302. The van der Waals surface area contributed by atoms with Gasteiger partial charge in [-0.05, 0) is 31.7 Å². The molecule has 0 atom stereocenters. The van der Waals surface area contributed by atoms with Crippen LogP contribution in [-0.2, 0) is 10.0 Å². The molecule has 0 spiro atoms. The highest BCUT2D eigenvalue weighted by Gasteiger charge is 2.28. The molecule has 6 heteroatoms. The summed E-state index contributed by atoms with van der Waals surface area (Å²) in [6.07, 6.45) is 6.76. The number of hydrogen-bond donors (Lipinski definition) is 0. The maximum atomic E-state index is 12.6. The van der Waals surface area contributed by atoms with Crippen LogP contribution in [0.3, 0.4) is 0 Å². The molecule has 0 radical (unpaired) electrons. The standard InChI is InChI=1S/C14H27ClN2O2S/c15-7-10-16-8-4-9-17(12-11-16)20(18,19)13-14-5-2-1-3-6-14/h14H,1-13H2. The molecule has 0 bridgehead atoms. The van der Waals surface area contributed by atoms with E-state index in [1.54, 1.807) is 4.31 Å². The van der Waals surface area contributed by atoms with Crippen molar-refractivity contribution in [1.29, 1.82) is 0 Å². The van der Waals surface area contributed by atoms with Gasteiger partial charge in [0.15, 0.2) is 0 Å². The van der Waals surface area contributed by atoms with Crippen molar-refractivity contribution in [2.75, 3.05) is 44.4 Å². The van der Waals surface area contributed by atoms with E-state index in [2.05, 4.69) is 4.90 Å². The summed E-state index contributed by atoms with van der Waals surface area (Å²) in [7, 11) is -3.07. The average Bonchev–Trinajstić information content (AvgIpc) is 2.66. The average molecular weight is 323 g/mol. The van der Waals surface area contributed by atoms with Crippen molar-refractivity contribution in [2.45, 2.75) is 38.5 Å². The van der Waals surface area contributed by atoms with Crippen molar-refractivity contribution in [3.05, 3.63) is 0 Å². The summed E-state index contributed by atoms with van der Waals surface area (Å²) in [5.74, 6) is 1.37. The molecular weight excluding hydrogens is 296 g/mol. The first-order chi connectivity index (χ1) is 9.62. The van der Waals surface area contributed by atoms with Crippen molar-refractivity contribution < 1.29 is 8.42 Å². The lowest BCUT2D eigenvalue weighted by Crippen LogP contribution is -2.38. The van der Waals surface area contributed by atoms with E-state index in [9.17, 15) is 8.42 Å². The van der Waals surface area contributed by atoms with E-state index in [0.717, 1.165) is 38.9 Å². The Balaban J connectivity index is 1.88. The molecule has 4 nitrogen and oxygen atoms in total. The van der Waals surface area contributed by atoms with Crippen molar-refractivity contribution in [3.8, 4) is 0 Å². The molecule has 0 aromatic carbocycles. The van der Waals surface area contributed by atoms with Gasteiger partial charge in [-0.3, -0.25) is 0 Å². The first-order valence-corrected chi connectivity index (χ1v) is 10.0. The van der Waals surface area contributed by atoms with Crippen LogP contribution in [-0.4, -0.2) is 62.0 Å². The van der Waals surface area contributed by atoms with Gasteiger partial charge in [0, 0.05) is 32.1 Å². The summed E-state index contributed by atoms with van der Waals surface area (Å²) in [5.41, 5.74) is 0. The summed E-state index contributed by atoms with van der Waals surface area (Å²) in [5, 5.41) is 0. The highest BCUT2D eigenvalue weighted by molar-refractivity contribution is 7.89. The Kier molecular flexibility index (Phi) is 6.59. The molecule has 0 N–H and O–H groups in total. The third-order valence-electron chi connectivity index (χ3n) is 4.51. The lowest BCUT2D eigenvalue weighted by atomic mass is 9.91. The van der Waals surface area contributed by atoms with Crippen LogP contribution in [0.25, 0.3) is 0 Å². The Morgan fingerprint density at radius 2 is 1.70 bits per heavy atom. The number of nitrogens with zero attached hydrogens (tertiary/aromatic N) is 2. The molecular formula is C14H27ClN2O2S. The minimum atomic E-state index is -3.07. The quantitative estimate of drug-likeness (QED) is 0.728. The zero-order valence-electron chi connectivity index (χ0n) is 12.3. The predicted molar refractivity (Wildman–Crippen MR) is 83.7 cm³/mol. The van der Waals surface area contributed by atoms with Crippen molar-refractivity contribution in [2.24, 2.45) is 5.92 Å². The monoisotopic (exact) mass is 322 g/mol. The Morgan fingerprint density at radius 1 is 0.950 bits per heavy atom. The molecule has 2 rings (SSSR count). The van der Waals surface area contributed by atoms with Crippen LogP contribution in [0.1, 0.15) is 38.5 Å². The highest BCUT2D eigenvalue weighted by Crippen LogP contribution is 2.26. The van der Waals surface area contributed by atoms with Gasteiger partial charge < -0.3 is 4.90 Å². The van der Waals surface area contributed by atoms with Crippen molar-refractivity contribution in [1.82, 2.24) is 9.21 Å². The van der Waals surface area contributed by atoms with E-state index in [1.165, 1.54) is 19.3 Å². The fourth-order valence-corrected chi connectivity index (χ4v) is 5.47. The van der Waals surface area contributed by atoms with Gasteiger partial charge in [-0.25, -0.2) is 12.7 Å². The fraction of sp³-hybridized carbons (Fsp3) is 1.00. The van der Waals surface area contributed by atoms with Crippen LogP contribution in [0.5, 0.6) is 0 Å². The second-order valence-corrected chi connectivity index (χ2v) is 8.46. The van der Waals surface area contributed by atoms with Gasteiger partial charge in [0.1, 0.15) is 0 Å². The molecule has 1 heterocycles. The van der Waals surface area contributed by atoms with E-state index < -0.39 is 10.0 Å². The molecule has 1 aliphatic carbocycles. The number of alkyl halides is 1. The van der Waals surface area contributed by atoms with Gasteiger partial charge in [-0.1, -0.05) is 19.3 Å². The van der Waals surface area contributed by atoms with Gasteiger partial charge in [-0.2, -0.15) is 0 Å². The molecule has 0 aromatic rings. The smallest absolute Gasteiger partial charge is 0.214 e. The molecule has 0 aromatic heterocycles. The molecule has 0 amide bonds. The largest absolute Gasteiger partial charge is 0.301 e. The van der Waals surface area contributed by atoms with E-state index in [0.29, 0.717) is 30.6 Å². The molecule has 2 fully saturated rings. The van der Waals surface area contributed by atoms with Crippen LogP contribution in [0.15, 0.2) is 0 Å². The molecule has 1 saturated carbocycles. The van der Waals surface area contributed by atoms with Crippen LogP contribution in [0, 0.1) is 5.92 Å². The number of hydrogen-bond acceptors (Lipinski definition) is 3. The maximum absolute atomic E-state index is 12.6. The molecule has 0 unspecified atom stereocenters. The van der Waals surface area contributed by atoms with Crippen LogP contribution in [0.4, 0.5) is 0 Å². The third-order valence-corrected chi connectivity index (χ3v) is 6.73. The SMILES string of the molecule is O=S(=O)(CC1CCCCC1)N1CCCN(CCCl)CC1. The molecule has 1 saturated heterocycles. The van der Waals surface area contributed by atoms with E-state index >= 15 is 0 Å². The Hall–Kier alpha value is 0.160. The van der Waals surface area contributed by atoms with Gasteiger partial charge in [0.2, 0.25) is 10.0 Å². The topological polar surface area (TPSA) is 40.6 Å². The van der Waals surface area contributed by atoms with Crippen LogP contribution >= 0.6 is 11.6 Å². The van der Waals surface area contributed by atoms with Gasteiger partial charge in [-0.15, -0.1) is 11.6 Å². The minimum Gasteiger partial charge on any atom is -0.301 e. The summed E-state index contributed by atoms with van der Waals surface area (Å²) in [6.45, 7) is 3.94. The minimum absolute atomic E-state index is 0.364. The van der Waals surface area contributed by atoms with Crippen LogP contribution < -0.4 is 0 Å². The highest BCUT2D eigenvalue weighted by atomic mass is 35.5. The lowest BCUT2D eigenvalue weighted by Gasteiger charge is -2.26. The summed E-state index contributed by atoms with van der Waals surface area (Å²) in [6, 6.07) is 0. The first-order valence-electron chi connectivity index (χ1n) is 7.88. The number of halogens is 1. The van der Waals surface area contributed by atoms with Crippen LogP contribution in [0.2, 0.25) is 0 Å². The van der Waals surface area contributed by atoms with Gasteiger partial charge >= 0.3 is 0 Å². The first kappa shape index (κ1) is 16.5.